The Labute approximate surface area is 97.3 Å². The molecule has 42 valence electrons. The fourth-order valence-electron chi connectivity index (χ4n) is 0.536. The smallest absolute Gasteiger partial charge is 0.482 e. The normalized spacial score (nSPS) is 8.11. The summed E-state index contributed by atoms with van der Waals surface area (Å²) in [5.41, 5.74) is 8.11. The van der Waals surface area contributed by atoms with Gasteiger partial charge in [-0.15, -0.1) is 0 Å². The molecule has 0 amide bonds. The van der Waals surface area contributed by atoms with Crippen LogP contribution in [-0.4, -0.2) is 4.98 Å². The van der Waals surface area contributed by atoms with E-state index in [1.54, 1.807) is 12.3 Å². The van der Waals surface area contributed by atoms with Crippen molar-refractivity contribution in [3.05, 3.63) is 29.6 Å². The van der Waals surface area contributed by atoms with E-state index in [0.717, 1.165) is 5.56 Å². The van der Waals surface area contributed by atoms with Crippen LogP contribution in [0.3, 0.4) is 0 Å². The molecule has 0 saturated heterocycles. The maximum absolute atomic E-state index is 7.02. The van der Waals surface area contributed by atoms with Crippen LogP contribution in [0.15, 0.2) is 18.3 Å². The van der Waals surface area contributed by atoms with Gasteiger partial charge < -0.3 is 10.7 Å². The summed E-state index contributed by atoms with van der Waals surface area (Å²) in [4.78, 5) is 3.71. The van der Waals surface area contributed by atoms with Crippen LogP contribution in [0, 0.1) is 6.92 Å². The van der Waals surface area contributed by atoms with Gasteiger partial charge in [0.1, 0.15) is 0 Å². The first-order valence-corrected chi connectivity index (χ1v) is 2.43. The summed E-state index contributed by atoms with van der Waals surface area (Å²) in [6.07, 6.45) is 1.64. The molecule has 0 fully saturated rings. The second-order valence-corrected chi connectivity index (χ2v) is 1.72. The minimum atomic E-state index is 0. The summed E-state index contributed by atoms with van der Waals surface area (Å²) in [5.74, 6) is 0.338. The largest absolute Gasteiger partial charge is 1.00 e. The standard InChI is InChI=1S/C6H7N2.K/c1-5-2-3-8-6(7)4-5;/h2-4H,1H3,(H-,7,8);/q-1;+1. The number of aromatic nitrogens is 1. The third kappa shape index (κ3) is 3.32. The quantitative estimate of drug-likeness (QED) is 0.436. The van der Waals surface area contributed by atoms with Crippen LogP contribution in [-0.2, 0) is 0 Å². The monoisotopic (exact) mass is 146 g/mol. The maximum atomic E-state index is 7.02. The second kappa shape index (κ2) is 4.41. The van der Waals surface area contributed by atoms with E-state index in [0.29, 0.717) is 5.82 Å². The predicted octanol–water partition coefficient (Wildman–Crippen LogP) is -0.922. The number of hydrogen-bond donors (Lipinski definition) is 0. The first kappa shape index (κ1) is 9.59. The summed E-state index contributed by atoms with van der Waals surface area (Å²) in [6.45, 7) is 1.94. The molecular formula is C6H7KN2. The number of rotatable bonds is 0. The van der Waals surface area contributed by atoms with Crippen LogP contribution >= 0.6 is 0 Å². The van der Waals surface area contributed by atoms with Crippen molar-refractivity contribution in [2.45, 2.75) is 6.92 Å². The van der Waals surface area contributed by atoms with Gasteiger partial charge in [0.05, 0.1) is 0 Å². The van der Waals surface area contributed by atoms with Gasteiger partial charge in [-0.05, 0) is 6.92 Å². The molecule has 1 heterocycles. The van der Waals surface area contributed by atoms with Gasteiger partial charge in [0.15, 0.2) is 0 Å². The van der Waals surface area contributed by atoms with Gasteiger partial charge in [-0.2, -0.15) is 0 Å². The summed E-state index contributed by atoms with van der Waals surface area (Å²) >= 11 is 0. The molecule has 0 unspecified atom stereocenters. The molecule has 0 atom stereocenters. The van der Waals surface area contributed by atoms with Crippen LogP contribution in [0.25, 0.3) is 5.73 Å². The number of aryl methyl sites for hydroxylation is 1. The Bertz CT molecular complexity index is 171. The molecule has 2 nitrogen and oxygen atoms in total. The minimum Gasteiger partial charge on any atom is -0.482 e. The predicted molar refractivity (Wildman–Crippen MR) is 33.0 cm³/mol. The Morgan fingerprint density at radius 1 is 1.56 bits per heavy atom. The van der Waals surface area contributed by atoms with E-state index in [-0.39, 0.29) is 51.4 Å². The molecule has 1 rings (SSSR count). The van der Waals surface area contributed by atoms with Crippen LogP contribution in [0.1, 0.15) is 5.56 Å². The minimum absolute atomic E-state index is 0. The van der Waals surface area contributed by atoms with Crippen molar-refractivity contribution in [2.24, 2.45) is 0 Å². The van der Waals surface area contributed by atoms with Crippen molar-refractivity contribution in [3.8, 4) is 0 Å². The van der Waals surface area contributed by atoms with Crippen LogP contribution in [0.2, 0.25) is 0 Å². The number of hydrogen-bond acceptors (Lipinski definition) is 1. The van der Waals surface area contributed by atoms with Gasteiger partial charge in [-0.3, -0.25) is 0 Å². The molecule has 0 radical (unpaired) electrons. The summed E-state index contributed by atoms with van der Waals surface area (Å²) in [7, 11) is 0. The molecule has 0 spiro atoms. The first-order chi connectivity index (χ1) is 3.79. The molecule has 1 N–H and O–H groups in total. The average Bonchev–Trinajstić information content (AvgIpc) is 1.64. The summed E-state index contributed by atoms with van der Waals surface area (Å²) < 4.78 is 0. The molecule has 3 heteroatoms. The van der Waals surface area contributed by atoms with Crippen molar-refractivity contribution in [1.82, 2.24) is 4.98 Å². The Hall–Kier alpha value is 0.586. The van der Waals surface area contributed by atoms with E-state index in [2.05, 4.69) is 4.98 Å². The van der Waals surface area contributed by atoms with E-state index < -0.39 is 0 Å². The molecule has 0 bridgehead atoms. The maximum Gasteiger partial charge on any atom is 1.00 e. The number of nitrogens with zero attached hydrogens (tertiary/aromatic N) is 1. The molecule has 0 aromatic carbocycles. The topological polar surface area (TPSA) is 36.7 Å². The Morgan fingerprint density at radius 2 is 2.22 bits per heavy atom. The SMILES string of the molecule is Cc1ccnc([NH-])c1.[K+]. The van der Waals surface area contributed by atoms with E-state index >= 15 is 0 Å². The van der Waals surface area contributed by atoms with E-state index in [1.807, 2.05) is 13.0 Å². The third-order valence-corrected chi connectivity index (χ3v) is 0.915. The van der Waals surface area contributed by atoms with Gasteiger partial charge in [0.25, 0.3) is 0 Å². The van der Waals surface area contributed by atoms with Gasteiger partial charge in [0, 0.05) is 0 Å². The molecule has 1 aromatic rings. The Morgan fingerprint density at radius 3 is 2.56 bits per heavy atom. The molecule has 0 aliphatic rings. The third-order valence-electron chi connectivity index (χ3n) is 0.915. The zero-order valence-corrected chi connectivity index (χ0v) is 8.80. The van der Waals surface area contributed by atoms with E-state index in [1.165, 1.54) is 0 Å². The van der Waals surface area contributed by atoms with Crippen molar-refractivity contribution < 1.29 is 51.4 Å². The first-order valence-electron chi connectivity index (χ1n) is 2.43. The number of nitrogens with one attached hydrogen (secondary N) is 1. The molecule has 0 aliphatic heterocycles. The fraction of sp³-hybridized carbons (Fsp3) is 0.167. The molecule has 1 aromatic heterocycles. The van der Waals surface area contributed by atoms with E-state index in [9.17, 15) is 0 Å². The van der Waals surface area contributed by atoms with Crippen molar-refractivity contribution in [3.63, 3.8) is 0 Å². The van der Waals surface area contributed by atoms with Gasteiger partial charge in [0.2, 0.25) is 0 Å². The summed E-state index contributed by atoms with van der Waals surface area (Å²) in [5, 5.41) is 0. The van der Waals surface area contributed by atoms with Crippen LogP contribution in [0.5, 0.6) is 0 Å². The van der Waals surface area contributed by atoms with E-state index in [4.69, 9.17) is 5.73 Å². The van der Waals surface area contributed by atoms with Crippen molar-refractivity contribution in [1.29, 1.82) is 0 Å². The molecular weight excluding hydrogens is 139 g/mol. The van der Waals surface area contributed by atoms with Crippen LogP contribution < -0.4 is 51.4 Å². The molecule has 0 saturated carbocycles. The second-order valence-electron chi connectivity index (χ2n) is 1.72. The van der Waals surface area contributed by atoms with Crippen LogP contribution in [0.4, 0.5) is 5.82 Å². The zero-order chi connectivity index (χ0) is 5.98. The molecule has 9 heavy (non-hydrogen) atoms. The fourth-order valence-corrected chi connectivity index (χ4v) is 0.536. The Kier molecular flexibility index (Phi) is 4.70. The van der Waals surface area contributed by atoms with Gasteiger partial charge in [-0.1, -0.05) is 29.7 Å². The van der Waals surface area contributed by atoms with Crippen molar-refractivity contribution in [2.75, 3.05) is 0 Å². The zero-order valence-electron chi connectivity index (χ0n) is 5.68. The summed E-state index contributed by atoms with van der Waals surface area (Å²) in [6, 6.07) is 3.60. The van der Waals surface area contributed by atoms with Crippen molar-refractivity contribution >= 4 is 5.82 Å². The van der Waals surface area contributed by atoms with Gasteiger partial charge >= 0.3 is 51.4 Å². The van der Waals surface area contributed by atoms with Gasteiger partial charge in [-0.25, -0.2) is 0 Å². The Balaban J connectivity index is 0.000000640. The molecule has 0 aliphatic carbocycles. The number of pyridine rings is 1. The average molecular weight is 146 g/mol.